The molecule has 1 saturated heterocycles. The first-order valence-electron chi connectivity index (χ1n) is 5.74. The van der Waals surface area contributed by atoms with Gasteiger partial charge >= 0.3 is 0 Å². The van der Waals surface area contributed by atoms with Gasteiger partial charge in [-0.25, -0.2) is 0 Å². The van der Waals surface area contributed by atoms with E-state index in [0.29, 0.717) is 0 Å². The van der Waals surface area contributed by atoms with E-state index in [1.54, 1.807) is 14.2 Å². The van der Waals surface area contributed by atoms with Crippen LogP contribution in [-0.2, 0) is 14.8 Å². The van der Waals surface area contributed by atoms with E-state index >= 15 is 0 Å². The molecule has 0 N–H and O–H groups in total. The number of anilines is 1. The molecule has 0 aromatic heterocycles. The zero-order valence-electron chi connectivity index (χ0n) is 10.2. The van der Waals surface area contributed by atoms with E-state index in [0.717, 1.165) is 18.4 Å². The summed E-state index contributed by atoms with van der Waals surface area (Å²) in [7, 11) is 3.49. The molecule has 1 aliphatic heterocycles. The first kappa shape index (κ1) is 12.9. The molecule has 94 valence electrons. The van der Waals surface area contributed by atoms with Crippen LogP contribution in [0.5, 0.6) is 0 Å². The number of nitrogens with zero attached hydrogens (tertiary/aromatic N) is 1. The summed E-state index contributed by atoms with van der Waals surface area (Å²) < 4.78 is 10.9. The molecular formula is C13H18BrNO2. The second-order valence-corrected chi connectivity index (χ2v) is 4.81. The SMILES string of the molecule is COC1CN(c2ccc(CBr)cc2)CC1OC. The number of halogens is 1. The molecule has 1 aromatic rings. The van der Waals surface area contributed by atoms with Gasteiger partial charge in [0.05, 0.1) is 0 Å². The van der Waals surface area contributed by atoms with Crippen LogP contribution in [0.4, 0.5) is 5.69 Å². The molecule has 0 spiro atoms. The van der Waals surface area contributed by atoms with E-state index in [-0.39, 0.29) is 12.2 Å². The summed E-state index contributed by atoms with van der Waals surface area (Å²) in [5, 5.41) is 0.897. The number of hydrogen-bond acceptors (Lipinski definition) is 3. The molecule has 1 fully saturated rings. The number of rotatable bonds is 4. The molecule has 0 amide bonds. The summed E-state index contributed by atoms with van der Waals surface area (Å²) in [6.45, 7) is 1.78. The second kappa shape index (κ2) is 5.85. The van der Waals surface area contributed by atoms with Crippen LogP contribution in [0.2, 0.25) is 0 Å². The highest BCUT2D eigenvalue weighted by Crippen LogP contribution is 2.24. The van der Waals surface area contributed by atoms with Gasteiger partial charge in [-0.15, -0.1) is 0 Å². The summed E-state index contributed by atoms with van der Waals surface area (Å²) in [4.78, 5) is 2.31. The van der Waals surface area contributed by atoms with Crippen LogP contribution in [0.1, 0.15) is 5.56 Å². The molecule has 0 bridgehead atoms. The van der Waals surface area contributed by atoms with E-state index in [4.69, 9.17) is 9.47 Å². The third-order valence-electron chi connectivity index (χ3n) is 3.28. The Labute approximate surface area is 111 Å². The van der Waals surface area contributed by atoms with Gasteiger partial charge in [0.1, 0.15) is 12.2 Å². The van der Waals surface area contributed by atoms with Gasteiger partial charge < -0.3 is 14.4 Å². The Kier molecular flexibility index (Phi) is 4.42. The maximum Gasteiger partial charge on any atom is 0.102 e. The molecule has 1 aliphatic rings. The predicted molar refractivity (Wildman–Crippen MR) is 72.9 cm³/mol. The predicted octanol–water partition coefficient (Wildman–Crippen LogP) is 2.43. The zero-order chi connectivity index (χ0) is 12.3. The highest BCUT2D eigenvalue weighted by molar-refractivity contribution is 9.08. The van der Waals surface area contributed by atoms with Gasteiger partial charge in [-0.05, 0) is 17.7 Å². The molecule has 2 unspecified atom stereocenters. The zero-order valence-corrected chi connectivity index (χ0v) is 11.8. The normalized spacial score (nSPS) is 24.3. The van der Waals surface area contributed by atoms with Gasteiger partial charge in [0.15, 0.2) is 0 Å². The Balaban J connectivity index is 2.07. The summed E-state index contributed by atoms with van der Waals surface area (Å²) in [5.41, 5.74) is 2.52. The molecule has 4 heteroatoms. The molecule has 0 radical (unpaired) electrons. The van der Waals surface area contributed by atoms with Crippen LogP contribution in [0.15, 0.2) is 24.3 Å². The van der Waals surface area contributed by atoms with Gasteiger partial charge in [0.2, 0.25) is 0 Å². The largest absolute Gasteiger partial charge is 0.377 e. The van der Waals surface area contributed by atoms with Crippen molar-refractivity contribution in [2.75, 3.05) is 32.2 Å². The van der Waals surface area contributed by atoms with Crippen molar-refractivity contribution in [3.05, 3.63) is 29.8 Å². The fourth-order valence-corrected chi connectivity index (χ4v) is 2.58. The van der Waals surface area contributed by atoms with E-state index in [2.05, 4.69) is 45.1 Å². The summed E-state index contributed by atoms with van der Waals surface area (Å²) in [6, 6.07) is 8.60. The lowest BCUT2D eigenvalue weighted by Gasteiger charge is -2.18. The minimum Gasteiger partial charge on any atom is -0.377 e. The number of methoxy groups -OCH3 is 2. The van der Waals surface area contributed by atoms with Crippen molar-refractivity contribution in [3.8, 4) is 0 Å². The molecule has 1 aromatic carbocycles. The Morgan fingerprint density at radius 3 is 2.06 bits per heavy atom. The Bertz CT molecular complexity index is 343. The molecule has 1 heterocycles. The van der Waals surface area contributed by atoms with E-state index in [9.17, 15) is 0 Å². The standard InChI is InChI=1S/C13H18BrNO2/c1-16-12-8-15(9-13(12)17-2)11-5-3-10(7-14)4-6-11/h3-6,12-13H,7-9H2,1-2H3. The van der Waals surface area contributed by atoms with E-state index in [1.807, 2.05) is 0 Å². The van der Waals surface area contributed by atoms with Crippen molar-refractivity contribution >= 4 is 21.6 Å². The molecule has 3 nitrogen and oxygen atoms in total. The summed E-state index contributed by atoms with van der Waals surface area (Å²) in [5.74, 6) is 0. The first-order valence-corrected chi connectivity index (χ1v) is 6.86. The van der Waals surface area contributed by atoms with Crippen molar-refractivity contribution in [1.82, 2.24) is 0 Å². The third-order valence-corrected chi connectivity index (χ3v) is 3.92. The van der Waals surface area contributed by atoms with Crippen LogP contribution in [0, 0.1) is 0 Å². The van der Waals surface area contributed by atoms with E-state index in [1.165, 1.54) is 11.3 Å². The van der Waals surface area contributed by atoms with Gasteiger partial charge in [-0.2, -0.15) is 0 Å². The smallest absolute Gasteiger partial charge is 0.102 e. The lowest BCUT2D eigenvalue weighted by atomic mass is 10.2. The quantitative estimate of drug-likeness (QED) is 0.797. The van der Waals surface area contributed by atoms with Crippen LogP contribution in [0.25, 0.3) is 0 Å². The lowest BCUT2D eigenvalue weighted by Crippen LogP contribution is -2.27. The maximum absolute atomic E-state index is 5.44. The van der Waals surface area contributed by atoms with Crippen LogP contribution in [0.3, 0.4) is 0 Å². The van der Waals surface area contributed by atoms with Crippen molar-refractivity contribution in [1.29, 1.82) is 0 Å². The van der Waals surface area contributed by atoms with Crippen molar-refractivity contribution in [2.24, 2.45) is 0 Å². The monoisotopic (exact) mass is 299 g/mol. The van der Waals surface area contributed by atoms with E-state index < -0.39 is 0 Å². The molecule has 2 atom stereocenters. The first-order chi connectivity index (χ1) is 8.28. The van der Waals surface area contributed by atoms with Gasteiger partial charge in [0, 0.05) is 38.3 Å². The van der Waals surface area contributed by atoms with Gasteiger partial charge in [0.25, 0.3) is 0 Å². The second-order valence-electron chi connectivity index (χ2n) is 4.25. The fourth-order valence-electron chi connectivity index (χ4n) is 2.20. The number of benzene rings is 1. The lowest BCUT2D eigenvalue weighted by molar-refractivity contribution is -0.00461. The number of alkyl halides is 1. The average molecular weight is 300 g/mol. The minimum atomic E-state index is 0.163. The molecule has 2 rings (SSSR count). The molecular weight excluding hydrogens is 282 g/mol. The van der Waals surface area contributed by atoms with Crippen LogP contribution >= 0.6 is 15.9 Å². The molecule has 17 heavy (non-hydrogen) atoms. The average Bonchev–Trinajstić information content (AvgIpc) is 2.82. The summed E-state index contributed by atoms with van der Waals surface area (Å²) >= 11 is 3.45. The topological polar surface area (TPSA) is 21.7 Å². The Hall–Kier alpha value is -0.580. The highest BCUT2D eigenvalue weighted by atomic mass is 79.9. The molecule has 0 saturated carbocycles. The Morgan fingerprint density at radius 2 is 1.65 bits per heavy atom. The van der Waals surface area contributed by atoms with Crippen molar-refractivity contribution in [2.45, 2.75) is 17.5 Å². The van der Waals surface area contributed by atoms with Crippen molar-refractivity contribution < 1.29 is 9.47 Å². The number of hydrogen-bond donors (Lipinski definition) is 0. The highest BCUT2D eigenvalue weighted by Gasteiger charge is 2.32. The minimum absolute atomic E-state index is 0.163. The van der Waals surface area contributed by atoms with Crippen LogP contribution < -0.4 is 4.90 Å². The maximum atomic E-state index is 5.44. The van der Waals surface area contributed by atoms with Crippen LogP contribution in [-0.4, -0.2) is 39.5 Å². The number of ether oxygens (including phenoxy) is 2. The van der Waals surface area contributed by atoms with Gasteiger partial charge in [-0.3, -0.25) is 0 Å². The Morgan fingerprint density at radius 1 is 1.12 bits per heavy atom. The van der Waals surface area contributed by atoms with Gasteiger partial charge in [-0.1, -0.05) is 28.1 Å². The molecule has 0 aliphatic carbocycles. The fraction of sp³-hybridized carbons (Fsp3) is 0.538. The van der Waals surface area contributed by atoms with Crippen molar-refractivity contribution in [3.63, 3.8) is 0 Å². The third kappa shape index (κ3) is 2.81. The summed E-state index contributed by atoms with van der Waals surface area (Å²) in [6.07, 6.45) is 0.326.